The first-order valence-electron chi connectivity index (χ1n) is 6.85. The highest BCUT2D eigenvalue weighted by molar-refractivity contribution is 6.02. The zero-order chi connectivity index (χ0) is 16.1. The van der Waals surface area contributed by atoms with Gasteiger partial charge in [0.1, 0.15) is 11.4 Å². The summed E-state index contributed by atoms with van der Waals surface area (Å²) in [7, 11) is 0. The molecule has 1 N–H and O–H groups in total. The lowest BCUT2D eigenvalue weighted by atomic mass is 10.3. The Morgan fingerprint density at radius 2 is 1.70 bits per heavy atom. The Labute approximate surface area is 132 Å². The second-order valence-electron chi connectivity index (χ2n) is 4.67. The largest absolute Gasteiger partial charge is 0.424 e. The van der Waals surface area contributed by atoms with Crippen molar-refractivity contribution in [3.63, 3.8) is 0 Å². The van der Waals surface area contributed by atoms with E-state index in [4.69, 9.17) is 4.74 Å². The first kappa shape index (κ1) is 14.6. The SMILES string of the molecule is Cc1cnc(C(=O)Nc2cnc(Oc3ccccc3)nc2)cn1. The number of ether oxygens (including phenoxy) is 1. The summed E-state index contributed by atoms with van der Waals surface area (Å²) in [5.74, 6) is 0.261. The minimum absolute atomic E-state index is 0.198. The van der Waals surface area contributed by atoms with E-state index in [1.807, 2.05) is 18.2 Å². The van der Waals surface area contributed by atoms with Crippen LogP contribution in [0.3, 0.4) is 0 Å². The molecule has 0 aliphatic heterocycles. The molecule has 3 rings (SSSR count). The topological polar surface area (TPSA) is 89.9 Å². The van der Waals surface area contributed by atoms with Gasteiger partial charge in [-0.15, -0.1) is 0 Å². The van der Waals surface area contributed by atoms with Crippen molar-refractivity contribution in [3.8, 4) is 11.8 Å². The predicted molar refractivity (Wildman–Crippen MR) is 83.3 cm³/mol. The summed E-state index contributed by atoms with van der Waals surface area (Å²) in [6.07, 6.45) is 5.87. The number of nitrogens with one attached hydrogen (secondary N) is 1. The molecule has 1 amide bonds. The average Bonchev–Trinajstić information content (AvgIpc) is 2.58. The van der Waals surface area contributed by atoms with Gasteiger partial charge >= 0.3 is 6.01 Å². The highest BCUT2D eigenvalue weighted by Crippen LogP contribution is 2.17. The number of carbonyl (C=O) groups is 1. The van der Waals surface area contributed by atoms with Crippen molar-refractivity contribution in [2.24, 2.45) is 0 Å². The monoisotopic (exact) mass is 307 g/mol. The number of aryl methyl sites for hydroxylation is 1. The highest BCUT2D eigenvalue weighted by atomic mass is 16.5. The van der Waals surface area contributed by atoms with E-state index in [9.17, 15) is 4.79 Å². The van der Waals surface area contributed by atoms with Gasteiger partial charge in [-0.2, -0.15) is 0 Å². The molecule has 0 radical (unpaired) electrons. The third kappa shape index (κ3) is 3.85. The fourth-order valence-electron chi connectivity index (χ4n) is 1.73. The minimum atomic E-state index is -0.377. The van der Waals surface area contributed by atoms with E-state index >= 15 is 0 Å². The Kier molecular flexibility index (Phi) is 4.19. The average molecular weight is 307 g/mol. The summed E-state index contributed by atoms with van der Waals surface area (Å²) in [6, 6.07) is 9.40. The summed E-state index contributed by atoms with van der Waals surface area (Å²) in [5.41, 5.74) is 1.41. The molecule has 0 aliphatic carbocycles. The molecule has 0 bridgehead atoms. The standard InChI is InChI=1S/C16H13N5O2/c1-11-7-18-14(10-17-11)15(22)21-12-8-19-16(20-9-12)23-13-5-3-2-4-6-13/h2-10H,1H3,(H,21,22). The molecule has 1 aromatic carbocycles. The molecule has 3 aromatic rings. The minimum Gasteiger partial charge on any atom is -0.424 e. The zero-order valence-corrected chi connectivity index (χ0v) is 12.3. The summed E-state index contributed by atoms with van der Waals surface area (Å²) >= 11 is 0. The molecule has 7 nitrogen and oxygen atoms in total. The summed E-state index contributed by atoms with van der Waals surface area (Å²) < 4.78 is 5.48. The Morgan fingerprint density at radius 3 is 2.35 bits per heavy atom. The molecule has 0 saturated carbocycles. The van der Waals surface area contributed by atoms with Crippen molar-refractivity contribution in [2.75, 3.05) is 5.32 Å². The van der Waals surface area contributed by atoms with E-state index in [-0.39, 0.29) is 17.6 Å². The number of nitrogens with zero attached hydrogens (tertiary/aromatic N) is 4. The maximum absolute atomic E-state index is 12.0. The van der Waals surface area contributed by atoms with Gasteiger partial charge in [0.2, 0.25) is 0 Å². The smallest absolute Gasteiger partial charge is 0.322 e. The summed E-state index contributed by atoms with van der Waals surface area (Å²) in [6.45, 7) is 1.80. The molecular formula is C16H13N5O2. The van der Waals surface area contributed by atoms with E-state index in [0.29, 0.717) is 11.4 Å². The van der Waals surface area contributed by atoms with E-state index in [0.717, 1.165) is 5.69 Å². The van der Waals surface area contributed by atoms with E-state index < -0.39 is 0 Å². The van der Waals surface area contributed by atoms with Crippen LogP contribution in [0.15, 0.2) is 55.1 Å². The van der Waals surface area contributed by atoms with Gasteiger partial charge in [-0.1, -0.05) is 18.2 Å². The van der Waals surface area contributed by atoms with Gasteiger partial charge in [-0.05, 0) is 19.1 Å². The number of carbonyl (C=O) groups excluding carboxylic acids is 1. The maximum atomic E-state index is 12.0. The van der Waals surface area contributed by atoms with Crippen molar-refractivity contribution < 1.29 is 9.53 Å². The van der Waals surface area contributed by atoms with Crippen LogP contribution in [0.1, 0.15) is 16.2 Å². The molecule has 0 unspecified atom stereocenters. The Balaban J connectivity index is 1.65. The van der Waals surface area contributed by atoms with Crippen LogP contribution in [-0.4, -0.2) is 25.8 Å². The van der Waals surface area contributed by atoms with Crippen LogP contribution in [0, 0.1) is 6.92 Å². The van der Waals surface area contributed by atoms with Crippen LogP contribution in [0.4, 0.5) is 5.69 Å². The molecule has 0 atom stereocenters. The third-order valence-electron chi connectivity index (χ3n) is 2.85. The first-order valence-corrected chi connectivity index (χ1v) is 6.85. The predicted octanol–water partition coefficient (Wildman–Crippen LogP) is 2.62. The summed E-state index contributed by atoms with van der Waals surface area (Å²) in [5, 5.41) is 2.65. The van der Waals surface area contributed by atoms with Gasteiger partial charge in [-0.3, -0.25) is 9.78 Å². The normalized spacial score (nSPS) is 10.1. The molecule has 114 valence electrons. The second-order valence-corrected chi connectivity index (χ2v) is 4.67. The number of benzene rings is 1. The second kappa shape index (κ2) is 6.61. The molecular weight excluding hydrogens is 294 g/mol. The van der Waals surface area contributed by atoms with Gasteiger partial charge in [-0.25, -0.2) is 15.0 Å². The molecule has 0 aliphatic rings. The Morgan fingerprint density at radius 1 is 0.957 bits per heavy atom. The van der Waals surface area contributed by atoms with E-state index in [1.165, 1.54) is 24.8 Å². The van der Waals surface area contributed by atoms with Crippen LogP contribution in [0.2, 0.25) is 0 Å². The molecule has 7 heteroatoms. The number of hydrogen-bond donors (Lipinski definition) is 1. The van der Waals surface area contributed by atoms with Crippen LogP contribution in [0.5, 0.6) is 11.8 Å². The Bertz CT molecular complexity index is 789. The molecule has 0 spiro atoms. The molecule has 0 fully saturated rings. The number of para-hydroxylation sites is 1. The van der Waals surface area contributed by atoms with E-state index in [1.54, 1.807) is 19.1 Å². The van der Waals surface area contributed by atoms with Crippen LogP contribution in [0.25, 0.3) is 0 Å². The lowest BCUT2D eigenvalue weighted by molar-refractivity contribution is 0.102. The number of anilines is 1. The quantitative estimate of drug-likeness (QED) is 0.797. The number of amides is 1. The van der Waals surface area contributed by atoms with Crippen molar-refractivity contribution in [1.29, 1.82) is 0 Å². The van der Waals surface area contributed by atoms with Crippen molar-refractivity contribution in [1.82, 2.24) is 19.9 Å². The van der Waals surface area contributed by atoms with Crippen LogP contribution < -0.4 is 10.1 Å². The first-order chi connectivity index (χ1) is 11.2. The van der Waals surface area contributed by atoms with Gasteiger partial charge < -0.3 is 10.1 Å². The van der Waals surface area contributed by atoms with Gasteiger partial charge in [0.15, 0.2) is 0 Å². The maximum Gasteiger partial charge on any atom is 0.322 e. The fourth-order valence-corrected chi connectivity index (χ4v) is 1.73. The molecule has 2 heterocycles. The number of rotatable bonds is 4. The summed E-state index contributed by atoms with van der Waals surface area (Å²) in [4.78, 5) is 28.1. The van der Waals surface area contributed by atoms with Crippen LogP contribution in [-0.2, 0) is 0 Å². The van der Waals surface area contributed by atoms with Crippen molar-refractivity contribution in [2.45, 2.75) is 6.92 Å². The van der Waals surface area contributed by atoms with Gasteiger partial charge in [0, 0.05) is 6.20 Å². The number of aromatic nitrogens is 4. The molecule has 2 aromatic heterocycles. The lowest BCUT2D eigenvalue weighted by Gasteiger charge is -2.06. The van der Waals surface area contributed by atoms with E-state index in [2.05, 4.69) is 25.3 Å². The zero-order valence-electron chi connectivity index (χ0n) is 12.3. The number of hydrogen-bond acceptors (Lipinski definition) is 6. The highest BCUT2D eigenvalue weighted by Gasteiger charge is 2.09. The lowest BCUT2D eigenvalue weighted by Crippen LogP contribution is -2.14. The van der Waals surface area contributed by atoms with Gasteiger partial charge in [0.05, 0.1) is 30.0 Å². The van der Waals surface area contributed by atoms with Crippen molar-refractivity contribution in [3.05, 3.63) is 66.5 Å². The Hall–Kier alpha value is -3.35. The fraction of sp³-hybridized carbons (Fsp3) is 0.0625. The molecule has 0 saturated heterocycles. The third-order valence-corrected chi connectivity index (χ3v) is 2.85. The van der Waals surface area contributed by atoms with Crippen molar-refractivity contribution >= 4 is 11.6 Å². The van der Waals surface area contributed by atoms with Crippen LogP contribution >= 0.6 is 0 Å². The van der Waals surface area contributed by atoms with Gasteiger partial charge in [0.25, 0.3) is 5.91 Å². The molecule has 23 heavy (non-hydrogen) atoms.